The lowest BCUT2D eigenvalue weighted by Gasteiger charge is -2.21. The van der Waals surface area contributed by atoms with E-state index in [0.29, 0.717) is 76.3 Å². The van der Waals surface area contributed by atoms with Gasteiger partial charge in [0.2, 0.25) is 0 Å². The summed E-state index contributed by atoms with van der Waals surface area (Å²) in [6, 6.07) is 0. The molecule has 0 aromatic carbocycles. The Morgan fingerprint density at radius 3 is 1.24 bits per heavy atom. The van der Waals surface area contributed by atoms with Gasteiger partial charge in [0.1, 0.15) is 5.78 Å². The Labute approximate surface area is 632 Å². The molecule has 2 N–H and O–H groups in total. The number of allylic oxidation sites excluding steroid dienone is 12. The van der Waals surface area contributed by atoms with Gasteiger partial charge in [0.05, 0.1) is 12.2 Å². The van der Waals surface area contributed by atoms with Gasteiger partial charge in [-0.2, -0.15) is 0 Å². The highest BCUT2D eigenvalue weighted by molar-refractivity contribution is 5.92. The van der Waals surface area contributed by atoms with Gasteiger partial charge in [-0.05, 0) is 259 Å². The van der Waals surface area contributed by atoms with E-state index in [-0.39, 0.29) is 12.2 Å². The molecule has 3 fully saturated rings. The Bertz CT molecular complexity index is 2430. The van der Waals surface area contributed by atoms with Gasteiger partial charge >= 0.3 is 0 Å². The molecule has 0 amide bonds. The third-order valence-electron chi connectivity index (χ3n) is 23.7. The molecule has 0 radical (unpaired) electrons. The van der Waals surface area contributed by atoms with Gasteiger partial charge in [-0.15, -0.1) is 0 Å². The molecular formula is C95H168O7. The number of ketones is 5. The van der Waals surface area contributed by atoms with E-state index in [2.05, 4.69) is 137 Å². The van der Waals surface area contributed by atoms with Crippen LogP contribution in [0.2, 0.25) is 0 Å². The predicted octanol–water partition coefficient (Wildman–Crippen LogP) is 27.8. The molecule has 0 aliphatic heterocycles. The number of aliphatic hydroxyl groups is 2. The summed E-state index contributed by atoms with van der Waals surface area (Å²) in [5.74, 6) is 10.2. The fourth-order valence-corrected chi connectivity index (χ4v) is 16.6. The van der Waals surface area contributed by atoms with Crippen LogP contribution in [-0.4, -0.2) is 51.3 Å². The Morgan fingerprint density at radius 1 is 0.422 bits per heavy atom. The molecule has 7 nitrogen and oxygen atoms in total. The van der Waals surface area contributed by atoms with Gasteiger partial charge in [0, 0.05) is 38.0 Å². The summed E-state index contributed by atoms with van der Waals surface area (Å²) in [4.78, 5) is 56.4. The minimum atomic E-state index is -0.0405. The zero-order valence-corrected chi connectivity index (χ0v) is 70.5. The fraction of sp³-hybridized carbons (Fsp3) is 0.821. The van der Waals surface area contributed by atoms with Crippen molar-refractivity contribution in [1.82, 2.24) is 0 Å². The second-order valence-corrected chi connectivity index (χ2v) is 35.1. The summed E-state index contributed by atoms with van der Waals surface area (Å²) in [6.45, 7) is 40.0. The van der Waals surface area contributed by atoms with Crippen molar-refractivity contribution in [2.75, 3.05) is 0 Å². The van der Waals surface area contributed by atoms with Crippen molar-refractivity contribution >= 4 is 28.9 Å². The number of rotatable bonds is 36. The third-order valence-corrected chi connectivity index (χ3v) is 23.7. The molecule has 7 aliphatic rings. The first-order chi connectivity index (χ1) is 48.6. The van der Waals surface area contributed by atoms with Crippen molar-refractivity contribution in [3.05, 3.63) is 69.9 Å². The SMILES string of the molecule is CC/C(C)=C/CC/C(C)=C/CC1CCCC1O.CC1=CC(=O)CC(CC(C)C)C1.CCC(C)CCCC(C)CCC1CCCC1=O.CCC(C)CCCC(C)CCC1CCCC1O.CCCCC1CC(=O)C=C(C)C1.CCCCCC1CC(=O)C=C(C)C1.CCCCCCC1CC(=O)C=C(C)C1. The summed E-state index contributed by atoms with van der Waals surface area (Å²) < 4.78 is 0. The molecule has 7 heteroatoms. The average molecular weight is 1420 g/mol. The summed E-state index contributed by atoms with van der Waals surface area (Å²) in [6.07, 6.45) is 66.8. The van der Waals surface area contributed by atoms with Gasteiger partial charge in [0.25, 0.3) is 0 Å². The van der Waals surface area contributed by atoms with E-state index >= 15 is 0 Å². The monoisotopic (exact) mass is 1420 g/mol. The van der Waals surface area contributed by atoms with Crippen LogP contribution in [0.5, 0.6) is 0 Å². The maximum absolute atomic E-state index is 11.5. The highest BCUT2D eigenvalue weighted by Gasteiger charge is 2.28. The Morgan fingerprint density at radius 2 is 0.833 bits per heavy atom. The maximum atomic E-state index is 11.5. The second kappa shape index (κ2) is 59.7. The number of hydrogen-bond donors (Lipinski definition) is 2. The number of carbonyl (C=O) groups is 5. The number of hydrogen-bond acceptors (Lipinski definition) is 7. The molecule has 13 atom stereocenters. The van der Waals surface area contributed by atoms with E-state index in [4.69, 9.17) is 0 Å². The van der Waals surface area contributed by atoms with Crippen LogP contribution in [0.4, 0.5) is 0 Å². The van der Waals surface area contributed by atoms with E-state index in [1.54, 1.807) is 6.08 Å². The normalized spacial score (nSPS) is 24.8. The van der Waals surface area contributed by atoms with Gasteiger partial charge in [-0.1, -0.05) is 264 Å². The Hall–Kier alpha value is -3.29. The lowest BCUT2D eigenvalue weighted by molar-refractivity contribution is -0.121. The van der Waals surface area contributed by atoms with Crippen LogP contribution < -0.4 is 0 Å². The van der Waals surface area contributed by atoms with Crippen LogP contribution in [0.3, 0.4) is 0 Å². The fourth-order valence-electron chi connectivity index (χ4n) is 16.6. The van der Waals surface area contributed by atoms with Crippen LogP contribution >= 0.6 is 0 Å². The lowest BCUT2D eigenvalue weighted by atomic mass is 9.83. The molecule has 3 saturated carbocycles. The molecule has 0 saturated heterocycles. The van der Waals surface area contributed by atoms with Crippen LogP contribution in [0.15, 0.2) is 69.9 Å². The molecular weight excluding hydrogens is 1250 g/mol. The summed E-state index contributed by atoms with van der Waals surface area (Å²) in [5.41, 5.74) is 8.05. The van der Waals surface area contributed by atoms with Gasteiger partial charge in [-0.3, -0.25) is 24.0 Å². The smallest absolute Gasteiger partial charge is 0.155 e. The number of carbonyl (C=O) groups excluding carboxylic acids is 5. The van der Waals surface area contributed by atoms with Crippen molar-refractivity contribution in [1.29, 1.82) is 0 Å². The minimum absolute atomic E-state index is 0.0160. The van der Waals surface area contributed by atoms with Gasteiger partial charge in [0.15, 0.2) is 23.1 Å². The first-order valence-corrected chi connectivity index (χ1v) is 43.6. The lowest BCUT2D eigenvalue weighted by Crippen LogP contribution is -2.14. The molecule has 13 unspecified atom stereocenters. The molecule has 102 heavy (non-hydrogen) atoms. The van der Waals surface area contributed by atoms with E-state index in [0.717, 1.165) is 126 Å². The Balaban J connectivity index is 0.000000598. The van der Waals surface area contributed by atoms with Crippen LogP contribution in [0.25, 0.3) is 0 Å². The Kier molecular flexibility index (Phi) is 56.6. The topological polar surface area (TPSA) is 126 Å². The summed E-state index contributed by atoms with van der Waals surface area (Å²) >= 11 is 0. The summed E-state index contributed by atoms with van der Waals surface area (Å²) in [5, 5.41) is 19.5. The van der Waals surface area contributed by atoms with Crippen molar-refractivity contribution < 1.29 is 34.2 Å². The molecule has 0 aromatic heterocycles. The molecule has 590 valence electrons. The zero-order chi connectivity index (χ0) is 76.2. The predicted molar refractivity (Wildman–Crippen MR) is 442 cm³/mol. The first-order valence-electron chi connectivity index (χ1n) is 43.6. The highest BCUT2D eigenvalue weighted by Crippen LogP contribution is 2.35. The van der Waals surface area contributed by atoms with Gasteiger partial charge in [-0.25, -0.2) is 0 Å². The molecule has 7 aliphatic carbocycles. The van der Waals surface area contributed by atoms with Crippen LogP contribution in [0.1, 0.15) is 420 Å². The van der Waals surface area contributed by atoms with Gasteiger partial charge < -0.3 is 10.2 Å². The van der Waals surface area contributed by atoms with Crippen molar-refractivity contribution in [2.24, 2.45) is 71.0 Å². The average Bonchev–Trinajstić information content (AvgIpc) is 1.25. The molecule has 0 aromatic rings. The number of Topliss-reactive ketones (excluding diaryl/α,β-unsaturated/α-hetero) is 1. The molecule has 7 rings (SSSR count). The van der Waals surface area contributed by atoms with E-state index in [1.807, 2.05) is 18.2 Å². The number of aliphatic hydroxyl groups excluding tert-OH is 2. The molecule has 0 spiro atoms. The maximum Gasteiger partial charge on any atom is 0.155 e. The van der Waals surface area contributed by atoms with Crippen molar-refractivity contribution in [2.45, 2.75) is 432 Å². The largest absolute Gasteiger partial charge is 0.393 e. The summed E-state index contributed by atoms with van der Waals surface area (Å²) in [7, 11) is 0. The highest BCUT2D eigenvalue weighted by atomic mass is 16.3. The molecule has 0 heterocycles. The van der Waals surface area contributed by atoms with Crippen LogP contribution in [-0.2, 0) is 24.0 Å². The first kappa shape index (κ1) is 96.7. The van der Waals surface area contributed by atoms with Crippen LogP contribution in [0, 0.1) is 71.0 Å². The third kappa shape index (κ3) is 50.3. The minimum Gasteiger partial charge on any atom is -0.393 e. The second-order valence-electron chi connectivity index (χ2n) is 35.1. The van der Waals surface area contributed by atoms with E-state index < -0.39 is 0 Å². The van der Waals surface area contributed by atoms with E-state index in [9.17, 15) is 34.2 Å². The zero-order valence-electron chi connectivity index (χ0n) is 70.5. The van der Waals surface area contributed by atoms with Crippen molar-refractivity contribution in [3.63, 3.8) is 0 Å². The van der Waals surface area contributed by atoms with Crippen molar-refractivity contribution in [3.8, 4) is 0 Å². The number of unbranched alkanes of at least 4 members (excludes halogenated alkanes) is 6. The molecule has 0 bridgehead atoms. The standard InChI is InChI=1S/C16H32O.C16H30O.C16H28O.C13H22O.C12H20O.2C11H18O/c3*1-4-13(2)7-5-8-14(3)11-12-15-9-6-10-16(15)17;1-3-4-5-6-7-12-8-11(2)9-13(14)10-12;1-3-4-5-6-11-7-10(2)8-12(13)9-11;1-8(2)4-10-5-9(3)6-11(12)7-10;1-3-4-5-10-6-9(2)7-11(12)8-10/h13-17H,4-12H2,1-3H3;13-15H,4-12H2,1-3H3;7,11,15-17H,4-6,8-10,12H2,1-3H3;9,12H,3-8,10H2,1-2H3;8,11H,3-7,9H2,1-2H3;6,8,10H,4-5,7H2,1-3H3;7,10H,3-6,8H2,1-2H3/b;;13-7+,14-11+;;;;. The quantitative estimate of drug-likeness (QED) is 0.0473. The van der Waals surface area contributed by atoms with E-state index in [1.165, 1.54) is 226 Å².